The zero-order valence-corrected chi connectivity index (χ0v) is 11.5. The van der Waals surface area contributed by atoms with Gasteiger partial charge >= 0.3 is 0 Å². The third-order valence-corrected chi connectivity index (χ3v) is 3.67. The van der Waals surface area contributed by atoms with Crippen molar-refractivity contribution in [3.8, 4) is 5.75 Å². The predicted octanol–water partition coefficient (Wildman–Crippen LogP) is 3.26. The number of benzene rings is 1. The first kappa shape index (κ1) is 12.0. The molecular formula is C12H9BrClNO3. The van der Waals surface area contributed by atoms with E-state index >= 15 is 0 Å². The van der Waals surface area contributed by atoms with E-state index in [9.17, 15) is 5.11 Å². The van der Waals surface area contributed by atoms with Crippen molar-refractivity contribution in [2.24, 2.45) is 0 Å². The molecular weight excluding hydrogens is 321 g/mol. The highest BCUT2D eigenvalue weighted by Crippen LogP contribution is 2.43. The fourth-order valence-electron chi connectivity index (χ4n) is 2.09. The number of oxazole rings is 1. The Morgan fingerprint density at radius 2 is 2.33 bits per heavy atom. The van der Waals surface area contributed by atoms with Gasteiger partial charge in [0.25, 0.3) is 0 Å². The van der Waals surface area contributed by atoms with Gasteiger partial charge in [-0.15, -0.1) is 0 Å². The highest BCUT2D eigenvalue weighted by atomic mass is 79.9. The van der Waals surface area contributed by atoms with Gasteiger partial charge in [0.15, 0.2) is 18.3 Å². The molecule has 0 bridgehead atoms. The summed E-state index contributed by atoms with van der Waals surface area (Å²) in [5.74, 6) is 1.33. The second-order valence-corrected chi connectivity index (χ2v) is 5.30. The van der Waals surface area contributed by atoms with E-state index in [2.05, 4.69) is 20.9 Å². The first-order valence-corrected chi connectivity index (χ1v) is 6.54. The molecule has 0 fully saturated rings. The van der Waals surface area contributed by atoms with Gasteiger partial charge in [0, 0.05) is 17.0 Å². The number of aromatic nitrogens is 1. The average molecular weight is 331 g/mol. The number of hydrogen-bond acceptors (Lipinski definition) is 4. The summed E-state index contributed by atoms with van der Waals surface area (Å²) in [6.45, 7) is -0.163. The lowest BCUT2D eigenvalue weighted by molar-refractivity contribution is 0.195. The first-order chi connectivity index (χ1) is 8.69. The number of fused-ring (bicyclic) bond motifs is 1. The average Bonchev–Trinajstić information content (AvgIpc) is 2.92. The fourth-order valence-corrected chi connectivity index (χ4v) is 3.05. The molecule has 0 amide bonds. The second-order valence-electron chi connectivity index (χ2n) is 4.01. The Morgan fingerprint density at radius 3 is 3.11 bits per heavy atom. The van der Waals surface area contributed by atoms with Gasteiger partial charge in [0.05, 0.1) is 11.1 Å². The maximum Gasteiger partial charge on any atom is 0.181 e. The Bertz CT molecular complexity index is 599. The molecule has 0 aliphatic carbocycles. The molecule has 94 valence electrons. The molecule has 4 nitrogen and oxygen atoms in total. The topological polar surface area (TPSA) is 55.5 Å². The summed E-state index contributed by atoms with van der Waals surface area (Å²) in [6.07, 6.45) is 1.70. The monoisotopic (exact) mass is 329 g/mol. The third kappa shape index (κ3) is 1.92. The van der Waals surface area contributed by atoms with Crippen LogP contribution in [-0.2, 0) is 13.0 Å². The van der Waals surface area contributed by atoms with Crippen LogP contribution in [0.5, 0.6) is 5.75 Å². The smallest absolute Gasteiger partial charge is 0.181 e. The van der Waals surface area contributed by atoms with E-state index in [4.69, 9.17) is 20.8 Å². The van der Waals surface area contributed by atoms with Crippen LogP contribution in [0.1, 0.15) is 23.1 Å². The van der Waals surface area contributed by atoms with Crippen LogP contribution in [0.25, 0.3) is 0 Å². The second kappa shape index (κ2) is 4.57. The van der Waals surface area contributed by atoms with Crippen molar-refractivity contribution in [1.82, 2.24) is 4.98 Å². The van der Waals surface area contributed by atoms with Crippen molar-refractivity contribution in [2.45, 2.75) is 19.1 Å². The zero-order valence-electron chi connectivity index (χ0n) is 9.19. The SMILES string of the molecule is OCc1ncoc1[C@H]1Cc2cc(Cl)cc(Br)c2O1. The van der Waals surface area contributed by atoms with Crippen LogP contribution < -0.4 is 4.74 Å². The van der Waals surface area contributed by atoms with Gasteiger partial charge in [-0.3, -0.25) is 0 Å². The Balaban J connectivity index is 1.96. The summed E-state index contributed by atoms with van der Waals surface area (Å²) < 4.78 is 11.9. The van der Waals surface area contributed by atoms with Crippen LogP contribution in [0, 0.1) is 0 Å². The highest BCUT2D eigenvalue weighted by molar-refractivity contribution is 9.10. The van der Waals surface area contributed by atoms with E-state index in [0.717, 1.165) is 15.8 Å². The number of hydrogen-bond donors (Lipinski definition) is 1. The normalized spacial score (nSPS) is 17.6. The van der Waals surface area contributed by atoms with Gasteiger partial charge in [-0.05, 0) is 28.1 Å². The summed E-state index contributed by atoms with van der Waals surface area (Å²) >= 11 is 9.42. The number of rotatable bonds is 2. The van der Waals surface area contributed by atoms with E-state index in [1.165, 1.54) is 6.39 Å². The van der Waals surface area contributed by atoms with Crippen LogP contribution >= 0.6 is 27.5 Å². The van der Waals surface area contributed by atoms with Crippen LogP contribution in [0.2, 0.25) is 5.02 Å². The van der Waals surface area contributed by atoms with Gasteiger partial charge in [0.2, 0.25) is 0 Å². The number of aliphatic hydroxyl groups excluding tert-OH is 1. The summed E-state index contributed by atoms with van der Waals surface area (Å²) in [5, 5.41) is 9.83. The van der Waals surface area contributed by atoms with Gasteiger partial charge in [0.1, 0.15) is 11.4 Å². The van der Waals surface area contributed by atoms with Gasteiger partial charge in [-0.2, -0.15) is 0 Å². The van der Waals surface area contributed by atoms with Crippen molar-refractivity contribution >= 4 is 27.5 Å². The van der Waals surface area contributed by atoms with E-state index < -0.39 is 0 Å². The van der Waals surface area contributed by atoms with E-state index in [1.807, 2.05) is 6.07 Å². The molecule has 1 N–H and O–H groups in total. The standard InChI is InChI=1S/C12H9BrClNO3/c13-8-3-7(14)1-6-2-10(18-11(6)8)12-9(4-16)15-5-17-12/h1,3,5,10,16H,2,4H2/t10-/m1/s1. The van der Waals surface area contributed by atoms with E-state index in [0.29, 0.717) is 22.9 Å². The molecule has 1 atom stereocenters. The summed E-state index contributed by atoms with van der Waals surface area (Å²) in [7, 11) is 0. The van der Waals surface area contributed by atoms with Crippen LogP contribution in [0.15, 0.2) is 27.4 Å². The van der Waals surface area contributed by atoms with Gasteiger partial charge in [-0.1, -0.05) is 11.6 Å². The molecule has 0 saturated heterocycles. The lowest BCUT2D eigenvalue weighted by Crippen LogP contribution is -2.05. The quantitative estimate of drug-likeness (QED) is 0.918. The molecule has 6 heteroatoms. The molecule has 0 spiro atoms. The maximum absolute atomic E-state index is 9.17. The largest absolute Gasteiger partial charge is 0.481 e. The lowest BCUT2D eigenvalue weighted by Gasteiger charge is -2.09. The molecule has 1 aromatic carbocycles. The molecule has 1 aliphatic rings. The molecule has 0 radical (unpaired) electrons. The van der Waals surface area contributed by atoms with Crippen molar-refractivity contribution in [1.29, 1.82) is 0 Å². The minimum absolute atomic E-state index is 0.163. The Morgan fingerprint density at radius 1 is 1.50 bits per heavy atom. The lowest BCUT2D eigenvalue weighted by atomic mass is 10.1. The Hall–Kier alpha value is -1.04. The fraction of sp³-hybridized carbons (Fsp3) is 0.250. The summed E-state index contributed by atoms with van der Waals surface area (Å²) in [4.78, 5) is 3.95. The van der Waals surface area contributed by atoms with Crippen LogP contribution in [0.3, 0.4) is 0 Å². The van der Waals surface area contributed by atoms with Crippen LogP contribution in [0.4, 0.5) is 0 Å². The Kier molecular flexibility index (Phi) is 3.05. The number of ether oxygens (including phenoxy) is 1. The third-order valence-electron chi connectivity index (χ3n) is 2.87. The minimum atomic E-state index is -0.264. The zero-order chi connectivity index (χ0) is 12.7. The van der Waals surface area contributed by atoms with Crippen molar-refractivity contribution < 1.29 is 14.3 Å². The van der Waals surface area contributed by atoms with E-state index in [1.54, 1.807) is 6.07 Å². The van der Waals surface area contributed by atoms with Crippen LogP contribution in [-0.4, -0.2) is 10.1 Å². The first-order valence-electron chi connectivity index (χ1n) is 5.36. The molecule has 1 aliphatic heterocycles. The van der Waals surface area contributed by atoms with Gasteiger partial charge < -0.3 is 14.3 Å². The number of halogens is 2. The molecule has 18 heavy (non-hydrogen) atoms. The molecule has 3 rings (SSSR count). The van der Waals surface area contributed by atoms with E-state index in [-0.39, 0.29) is 12.7 Å². The molecule has 1 aromatic heterocycles. The van der Waals surface area contributed by atoms with Crippen molar-refractivity contribution in [3.05, 3.63) is 45.0 Å². The number of aliphatic hydroxyl groups is 1. The predicted molar refractivity (Wildman–Crippen MR) is 68.7 cm³/mol. The molecule has 2 aromatic rings. The van der Waals surface area contributed by atoms with Crippen molar-refractivity contribution in [3.63, 3.8) is 0 Å². The maximum atomic E-state index is 9.17. The summed E-state index contributed by atoms with van der Waals surface area (Å²) in [6, 6.07) is 3.66. The molecule has 0 saturated carbocycles. The number of nitrogens with zero attached hydrogens (tertiary/aromatic N) is 1. The van der Waals surface area contributed by atoms with Gasteiger partial charge in [-0.25, -0.2) is 4.98 Å². The Labute approximate surface area is 117 Å². The summed E-state index contributed by atoms with van der Waals surface area (Å²) in [5.41, 5.74) is 1.52. The minimum Gasteiger partial charge on any atom is -0.481 e. The highest BCUT2D eigenvalue weighted by Gasteiger charge is 2.31. The molecule has 0 unspecified atom stereocenters. The van der Waals surface area contributed by atoms with Crippen molar-refractivity contribution in [2.75, 3.05) is 0 Å². The molecule has 2 heterocycles.